The van der Waals surface area contributed by atoms with Crippen LogP contribution in [0, 0.1) is 0 Å². The zero-order chi connectivity index (χ0) is 39.3. The minimum atomic E-state index is -3.94. The van der Waals surface area contributed by atoms with Gasteiger partial charge in [-0.2, -0.15) is 0 Å². The Bertz CT molecular complexity index is 2260. The number of nitrogens with zero attached hydrogens (tertiary/aromatic N) is 3. The molecule has 7 rings (SSSR count). The van der Waals surface area contributed by atoms with Gasteiger partial charge in [-0.3, -0.25) is 0 Å². The summed E-state index contributed by atoms with van der Waals surface area (Å²) in [6, 6.07) is 51.6. The zero-order valence-electron chi connectivity index (χ0n) is 31.2. The van der Waals surface area contributed by atoms with E-state index in [1.165, 1.54) is 0 Å². The molecular formula is C45H42N3O6P3. The van der Waals surface area contributed by atoms with Gasteiger partial charge in [-0.05, 0) is 90.6 Å². The smallest absolute Gasteiger partial charge is 0.440 e. The molecule has 0 spiro atoms. The van der Waals surface area contributed by atoms with Crippen LogP contribution >= 0.6 is 24.6 Å². The van der Waals surface area contributed by atoms with Gasteiger partial charge in [0, 0.05) is 9.21 Å². The van der Waals surface area contributed by atoms with Gasteiger partial charge in [-0.25, -0.2) is 0 Å². The molecule has 0 saturated carbocycles. The molecule has 0 aliphatic carbocycles. The summed E-state index contributed by atoms with van der Waals surface area (Å²) in [6.07, 6.45) is 7.12. The fraction of sp³-hybridized carbons (Fsp3) is 0.0667. The van der Waals surface area contributed by atoms with E-state index >= 15 is 0 Å². The van der Waals surface area contributed by atoms with Gasteiger partial charge in [0.25, 0.3) is 0 Å². The normalized spacial score (nSPS) is 16.3. The molecule has 6 aromatic carbocycles. The highest BCUT2D eigenvalue weighted by Gasteiger charge is 2.58. The second-order valence-electron chi connectivity index (χ2n) is 12.4. The zero-order valence-corrected chi connectivity index (χ0v) is 33.9. The van der Waals surface area contributed by atoms with Crippen molar-refractivity contribution in [2.24, 2.45) is 4.52 Å². The van der Waals surface area contributed by atoms with Crippen molar-refractivity contribution in [2.75, 3.05) is 0 Å². The molecule has 0 aromatic heterocycles. The number of rotatable bonds is 18. The summed E-state index contributed by atoms with van der Waals surface area (Å²) in [4.78, 5) is 13.7. The molecular weight excluding hydrogens is 771 g/mol. The van der Waals surface area contributed by atoms with Crippen LogP contribution in [0.3, 0.4) is 0 Å². The third-order valence-electron chi connectivity index (χ3n) is 8.26. The SMILES string of the molecule is C=CCc1ccccc1OP1N=P(Oc2ccccc2CC=C)(Oc2ccccc2CC=C)N(Oc2ccccc2)P(Oc2ccccc2)N1Oc1ccccc1. The first-order chi connectivity index (χ1) is 28.1. The second-order valence-corrected chi connectivity index (χ2v) is 17.9. The van der Waals surface area contributed by atoms with Crippen molar-refractivity contribution in [2.45, 2.75) is 19.3 Å². The van der Waals surface area contributed by atoms with Crippen molar-refractivity contribution < 1.29 is 27.8 Å². The number of hydrogen-bond donors (Lipinski definition) is 0. The van der Waals surface area contributed by atoms with Crippen LogP contribution < -0.4 is 27.8 Å². The summed E-state index contributed by atoms with van der Waals surface area (Å²) in [7, 11) is -8.33. The van der Waals surface area contributed by atoms with Crippen molar-refractivity contribution in [3.05, 3.63) is 218 Å². The fourth-order valence-corrected chi connectivity index (χ4v) is 13.2. The van der Waals surface area contributed by atoms with Crippen molar-refractivity contribution in [3.63, 3.8) is 0 Å². The molecule has 1 aliphatic heterocycles. The highest BCUT2D eigenvalue weighted by molar-refractivity contribution is 7.78. The van der Waals surface area contributed by atoms with E-state index in [2.05, 4.69) is 19.7 Å². The lowest BCUT2D eigenvalue weighted by Crippen LogP contribution is -2.37. The van der Waals surface area contributed by atoms with E-state index in [9.17, 15) is 0 Å². The van der Waals surface area contributed by atoms with Gasteiger partial charge in [0.1, 0.15) is 34.5 Å². The summed E-state index contributed by atoms with van der Waals surface area (Å²) < 4.78 is 37.4. The molecule has 2 unspecified atom stereocenters. The van der Waals surface area contributed by atoms with E-state index in [0.29, 0.717) is 53.8 Å². The molecule has 0 N–H and O–H groups in total. The molecule has 57 heavy (non-hydrogen) atoms. The molecule has 0 saturated heterocycles. The Kier molecular flexibility index (Phi) is 13.5. The van der Waals surface area contributed by atoms with Crippen LogP contribution in [0.2, 0.25) is 0 Å². The van der Waals surface area contributed by atoms with Gasteiger partial charge >= 0.3 is 24.6 Å². The minimum absolute atomic E-state index is 0.496. The molecule has 1 heterocycles. The Morgan fingerprint density at radius 3 is 1.37 bits per heavy atom. The molecule has 0 amide bonds. The van der Waals surface area contributed by atoms with Crippen LogP contribution in [0.1, 0.15) is 16.7 Å². The van der Waals surface area contributed by atoms with Crippen molar-refractivity contribution >= 4 is 24.6 Å². The monoisotopic (exact) mass is 813 g/mol. The molecule has 288 valence electrons. The lowest BCUT2D eigenvalue weighted by atomic mass is 10.1. The first-order valence-corrected chi connectivity index (χ1v) is 22.1. The number of allylic oxidation sites excluding steroid dienone is 3. The van der Waals surface area contributed by atoms with E-state index in [4.69, 9.17) is 32.3 Å². The highest BCUT2D eigenvalue weighted by atomic mass is 31.3. The molecule has 1 aliphatic rings. The summed E-state index contributed by atoms with van der Waals surface area (Å²) in [5.74, 6) is 3.24. The minimum Gasteiger partial charge on any atom is -0.440 e. The average Bonchev–Trinajstić information content (AvgIpc) is 3.24. The Balaban J connectivity index is 1.53. The summed E-state index contributed by atoms with van der Waals surface area (Å²) in [6.45, 7) is 12.0. The molecule has 2 atom stereocenters. The Labute approximate surface area is 337 Å². The highest BCUT2D eigenvalue weighted by Crippen LogP contribution is 2.78. The van der Waals surface area contributed by atoms with Crippen LogP contribution in [0.5, 0.6) is 34.5 Å². The molecule has 0 fully saturated rings. The van der Waals surface area contributed by atoms with E-state index in [1.54, 1.807) is 9.21 Å². The number of para-hydroxylation sites is 6. The van der Waals surface area contributed by atoms with Crippen molar-refractivity contribution in [1.82, 2.24) is 9.21 Å². The molecule has 0 radical (unpaired) electrons. The fourth-order valence-electron chi connectivity index (χ4n) is 5.62. The molecule has 12 heteroatoms. The summed E-state index contributed by atoms with van der Waals surface area (Å²) in [5, 5.41) is 0. The van der Waals surface area contributed by atoms with Crippen LogP contribution in [0.15, 0.2) is 206 Å². The molecule has 6 aromatic rings. The van der Waals surface area contributed by atoms with E-state index < -0.39 is 24.6 Å². The van der Waals surface area contributed by atoms with Gasteiger partial charge in [0.2, 0.25) is 0 Å². The second kappa shape index (κ2) is 19.5. The maximum absolute atomic E-state index is 7.28. The maximum atomic E-state index is 7.28. The Hall–Kier alpha value is -5.65. The Morgan fingerprint density at radius 1 is 0.474 bits per heavy atom. The summed E-state index contributed by atoms with van der Waals surface area (Å²) >= 11 is 0. The van der Waals surface area contributed by atoms with Crippen molar-refractivity contribution in [3.8, 4) is 34.5 Å². The van der Waals surface area contributed by atoms with Gasteiger partial charge < -0.3 is 27.8 Å². The number of hydrogen-bond acceptors (Lipinski definition) is 9. The molecule has 9 nitrogen and oxygen atoms in total. The van der Waals surface area contributed by atoms with E-state index in [0.717, 1.165) is 16.7 Å². The predicted molar refractivity (Wildman–Crippen MR) is 231 cm³/mol. The maximum Gasteiger partial charge on any atom is 0.447 e. The first kappa shape index (κ1) is 39.6. The van der Waals surface area contributed by atoms with Crippen LogP contribution in [0.25, 0.3) is 0 Å². The lowest BCUT2D eigenvalue weighted by Gasteiger charge is -2.44. The van der Waals surface area contributed by atoms with Crippen molar-refractivity contribution in [1.29, 1.82) is 0 Å². The predicted octanol–water partition coefficient (Wildman–Crippen LogP) is 13.5. The largest absolute Gasteiger partial charge is 0.447 e. The topological polar surface area (TPSA) is 74.2 Å². The van der Waals surface area contributed by atoms with E-state index in [1.807, 2.05) is 182 Å². The van der Waals surface area contributed by atoms with Crippen LogP contribution in [-0.2, 0) is 19.3 Å². The van der Waals surface area contributed by atoms with Gasteiger partial charge in [0.15, 0.2) is 0 Å². The third kappa shape index (κ3) is 9.84. The lowest BCUT2D eigenvalue weighted by molar-refractivity contribution is 0.0545. The van der Waals surface area contributed by atoms with Gasteiger partial charge in [-0.15, -0.1) is 24.3 Å². The standard InChI is InChI=1S/C45H42N3O6P3/c1-4-22-37-25-16-19-34-43(37)52-55-46-57(53-44-35-20-17-26-38(44)23-5-2,54-45-36-21-18-27-39(45)24-6-3)48(50-41-30-12-8-13-31-41)56(51-42-32-14-9-15-33-42)47(55)49-40-28-10-7-11-29-40/h4-21,25-36H,1-3,22-24H2. The quantitative estimate of drug-likeness (QED) is 0.0627. The van der Waals surface area contributed by atoms with Gasteiger partial charge in [-0.1, -0.05) is 127 Å². The van der Waals surface area contributed by atoms with Crippen LogP contribution in [0.4, 0.5) is 0 Å². The van der Waals surface area contributed by atoms with E-state index in [-0.39, 0.29) is 0 Å². The Morgan fingerprint density at radius 2 is 0.877 bits per heavy atom. The number of benzene rings is 6. The first-order valence-electron chi connectivity index (χ1n) is 18.2. The van der Waals surface area contributed by atoms with Gasteiger partial charge in [0.05, 0.1) is 0 Å². The summed E-state index contributed by atoms with van der Waals surface area (Å²) in [5.41, 5.74) is 2.67. The van der Waals surface area contributed by atoms with Crippen LogP contribution in [-0.4, -0.2) is 9.21 Å². The molecule has 0 bridgehead atoms. The average molecular weight is 814 g/mol. The third-order valence-corrected chi connectivity index (χ3v) is 15.1.